The number of hydrogen-bond donors (Lipinski definition) is 2. The van der Waals surface area contributed by atoms with E-state index in [4.69, 9.17) is 17.3 Å². The lowest BCUT2D eigenvalue weighted by atomic mass is 10.1. The zero-order valence-corrected chi connectivity index (χ0v) is 11.7. The van der Waals surface area contributed by atoms with Crippen molar-refractivity contribution in [1.82, 2.24) is 5.32 Å². The van der Waals surface area contributed by atoms with E-state index in [1.54, 1.807) is 24.3 Å². The predicted octanol–water partition coefficient (Wildman–Crippen LogP) is 3.30. The van der Waals surface area contributed by atoms with Gasteiger partial charge in [0.25, 0.3) is 5.91 Å². The minimum atomic E-state index is -0.476. The molecule has 0 unspecified atom stereocenters. The van der Waals surface area contributed by atoms with E-state index in [1.807, 2.05) is 6.92 Å². The molecular weight excluding hydrogens is 279 g/mol. The van der Waals surface area contributed by atoms with Gasteiger partial charge in [0.1, 0.15) is 5.82 Å². The maximum Gasteiger partial charge on any atom is 0.251 e. The van der Waals surface area contributed by atoms with Gasteiger partial charge < -0.3 is 11.1 Å². The first-order valence-corrected chi connectivity index (χ1v) is 6.43. The fourth-order valence-electron chi connectivity index (χ4n) is 1.75. The second-order valence-corrected chi connectivity index (χ2v) is 4.91. The summed E-state index contributed by atoms with van der Waals surface area (Å²) in [5.41, 5.74) is 8.46. The molecule has 0 spiro atoms. The fraction of sp³-hybridized carbons (Fsp3) is 0.133. The quantitative estimate of drug-likeness (QED) is 0.853. The monoisotopic (exact) mass is 292 g/mol. The summed E-state index contributed by atoms with van der Waals surface area (Å²) in [6.07, 6.45) is 0. The third-order valence-electron chi connectivity index (χ3n) is 2.97. The van der Waals surface area contributed by atoms with Crippen molar-refractivity contribution in [3.63, 3.8) is 0 Å². The lowest BCUT2D eigenvalue weighted by molar-refractivity contribution is 0.0951. The van der Waals surface area contributed by atoms with Crippen LogP contribution in [-0.4, -0.2) is 5.91 Å². The molecule has 3 N–H and O–H groups in total. The van der Waals surface area contributed by atoms with Crippen LogP contribution in [0.25, 0.3) is 0 Å². The number of aryl methyl sites for hydroxylation is 1. The molecular formula is C15H14ClFN2O. The summed E-state index contributed by atoms with van der Waals surface area (Å²) in [5.74, 6) is -0.690. The van der Waals surface area contributed by atoms with Gasteiger partial charge >= 0.3 is 0 Å². The SMILES string of the molecule is Cc1cc(C(=O)NCc2ccc(F)c(Cl)c2)ccc1N. The number of amides is 1. The minimum Gasteiger partial charge on any atom is -0.399 e. The number of carbonyl (C=O) groups is 1. The van der Waals surface area contributed by atoms with Gasteiger partial charge in [0.2, 0.25) is 0 Å². The highest BCUT2D eigenvalue weighted by Crippen LogP contribution is 2.16. The molecule has 0 saturated carbocycles. The van der Waals surface area contributed by atoms with Gasteiger partial charge in [-0.1, -0.05) is 17.7 Å². The minimum absolute atomic E-state index is 0.0417. The lowest BCUT2D eigenvalue weighted by Crippen LogP contribution is -2.22. The zero-order chi connectivity index (χ0) is 14.7. The molecule has 0 aliphatic carbocycles. The number of hydrogen-bond acceptors (Lipinski definition) is 2. The molecule has 104 valence electrons. The van der Waals surface area contributed by atoms with E-state index in [-0.39, 0.29) is 17.5 Å². The van der Waals surface area contributed by atoms with Crippen LogP contribution in [0.4, 0.5) is 10.1 Å². The number of benzene rings is 2. The molecule has 2 aromatic rings. The van der Waals surface area contributed by atoms with Gasteiger partial charge in [-0.25, -0.2) is 4.39 Å². The van der Waals surface area contributed by atoms with Gasteiger partial charge in [0.05, 0.1) is 5.02 Å². The molecule has 0 aliphatic heterocycles. The molecule has 5 heteroatoms. The van der Waals surface area contributed by atoms with Gasteiger partial charge in [0.15, 0.2) is 0 Å². The summed E-state index contributed by atoms with van der Waals surface area (Å²) in [6.45, 7) is 2.12. The van der Waals surface area contributed by atoms with E-state index in [0.717, 1.165) is 11.1 Å². The molecule has 1 amide bonds. The molecule has 2 aromatic carbocycles. The Labute approximate surface area is 121 Å². The van der Waals surface area contributed by atoms with Crippen LogP contribution in [0.15, 0.2) is 36.4 Å². The van der Waals surface area contributed by atoms with Crippen LogP contribution in [0.1, 0.15) is 21.5 Å². The van der Waals surface area contributed by atoms with Gasteiger partial charge in [-0.3, -0.25) is 4.79 Å². The third kappa shape index (κ3) is 3.27. The zero-order valence-electron chi connectivity index (χ0n) is 10.9. The summed E-state index contributed by atoms with van der Waals surface area (Å²) < 4.78 is 13.0. The molecule has 0 fully saturated rings. The van der Waals surface area contributed by atoms with Gasteiger partial charge in [-0.05, 0) is 48.4 Å². The summed E-state index contributed by atoms with van der Waals surface area (Å²) in [4.78, 5) is 12.0. The average Bonchev–Trinajstić information content (AvgIpc) is 2.43. The van der Waals surface area contributed by atoms with Gasteiger partial charge in [-0.2, -0.15) is 0 Å². The highest BCUT2D eigenvalue weighted by atomic mass is 35.5. The average molecular weight is 293 g/mol. The van der Waals surface area contributed by atoms with Gasteiger partial charge in [-0.15, -0.1) is 0 Å². The van der Waals surface area contributed by atoms with Crippen LogP contribution in [0.3, 0.4) is 0 Å². The fourth-order valence-corrected chi connectivity index (χ4v) is 1.95. The molecule has 0 atom stereocenters. The first-order chi connectivity index (χ1) is 9.47. The summed E-state index contributed by atoms with van der Waals surface area (Å²) in [7, 11) is 0. The Morgan fingerprint density at radius 1 is 1.30 bits per heavy atom. The second-order valence-electron chi connectivity index (χ2n) is 4.50. The second kappa shape index (κ2) is 5.92. The maximum atomic E-state index is 13.0. The smallest absolute Gasteiger partial charge is 0.251 e. The number of carbonyl (C=O) groups excluding carboxylic acids is 1. The van der Waals surface area contributed by atoms with Crippen molar-refractivity contribution >= 4 is 23.2 Å². The Kier molecular flexibility index (Phi) is 4.25. The first-order valence-electron chi connectivity index (χ1n) is 6.05. The normalized spacial score (nSPS) is 10.3. The number of nitrogen functional groups attached to an aromatic ring is 1. The van der Waals surface area contributed by atoms with Crippen LogP contribution in [-0.2, 0) is 6.54 Å². The lowest BCUT2D eigenvalue weighted by Gasteiger charge is -2.08. The van der Waals surface area contributed by atoms with E-state index < -0.39 is 5.82 Å². The number of anilines is 1. The Morgan fingerprint density at radius 2 is 2.05 bits per heavy atom. The Bertz CT molecular complexity index is 658. The number of nitrogens with two attached hydrogens (primary N) is 1. The molecule has 20 heavy (non-hydrogen) atoms. The Hall–Kier alpha value is -2.07. The predicted molar refractivity (Wildman–Crippen MR) is 78.2 cm³/mol. The summed E-state index contributed by atoms with van der Waals surface area (Å²) >= 11 is 5.68. The van der Waals surface area contributed by atoms with Crippen molar-refractivity contribution < 1.29 is 9.18 Å². The van der Waals surface area contributed by atoms with Crippen molar-refractivity contribution in [1.29, 1.82) is 0 Å². The molecule has 2 rings (SSSR count). The topological polar surface area (TPSA) is 55.1 Å². The van der Waals surface area contributed by atoms with E-state index in [1.165, 1.54) is 12.1 Å². The van der Waals surface area contributed by atoms with Crippen molar-refractivity contribution in [3.8, 4) is 0 Å². The van der Waals surface area contributed by atoms with Crippen LogP contribution < -0.4 is 11.1 Å². The summed E-state index contributed by atoms with van der Waals surface area (Å²) in [5, 5.41) is 2.79. The first kappa shape index (κ1) is 14.3. The Balaban J connectivity index is 2.04. The van der Waals surface area contributed by atoms with E-state index >= 15 is 0 Å². The van der Waals surface area contributed by atoms with Crippen molar-refractivity contribution in [2.45, 2.75) is 13.5 Å². The molecule has 0 bridgehead atoms. The van der Waals surface area contributed by atoms with Gasteiger partial charge in [0, 0.05) is 17.8 Å². The molecule has 0 aromatic heterocycles. The van der Waals surface area contributed by atoms with Crippen LogP contribution in [0.2, 0.25) is 5.02 Å². The maximum absolute atomic E-state index is 13.0. The Morgan fingerprint density at radius 3 is 2.70 bits per heavy atom. The number of nitrogens with one attached hydrogen (secondary N) is 1. The third-order valence-corrected chi connectivity index (χ3v) is 3.26. The standard InChI is InChI=1S/C15H14ClFN2O/c1-9-6-11(3-5-14(9)18)15(20)19-8-10-2-4-13(17)12(16)7-10/h2-7H,8,18H2,1H3,(H,19,20). The van der Waals surface area contributed by atoms with Crippen LogP contribution >= 0.6 is 11.6 Å². The van der Waals surface area contributed by atoms with E-state index in [2.05, 4.69) is 5.32 Å². The van der Waals surface area contributed by atoms with Crippen LogP contribution in [0, 0.1) is 12.7 Å². The van der Waals surface area contributed by atoms with Crippen molar-refractivity contribution in [2.75, 3.05) is 5.73 Å². The van der Waals surface area contributed by atoms with E-state index in [9.17, 15) is 9.18 Å². The number of halogens is 2. The number of rotatable bonds is 3. The van der Waals surface area contributed by atoms with Crippen LogP contribution in [0.5, 0.6) is 0 Å². The largest absolute Gasteiger partial charge is 0.399 e. The molecule has 0 aliphatic rings. The molecule has 0 heterocycles. The summed E-state index contributed by atoms with van der Waals surface area (Å²) in [6, 6.07) is 9.43. The highest BCUT2D eigenvalue weighted by molar-refractivity contribution is 6.30. The van der Waals surface area contributed by atoms with Crippen molar-refractivity contribution in [2.24, 2.45) is 0 Å². The molecule has 0 saturated heterocycles. The van der Waals surface area contributed by atoms with E-state index in [0.29, 0.717) is 11.3 Å². The molecule has 0 radical (unpaired) electrons. The molecule has 3 nitrogen and oxygen atoms in total. The van der Waals surface area contributed by atoms with Crippen molar-refractivity contribution in [3.05, 3.63) is 63.9 Å². The highest BCUT2D eigenvalue weighted by Gasteiger charge is 2.07.